The summed E-state index contributed by atoms with van der Waals surface area (Å²) < 4.78 is 0. The van der Waals surface area contributed by atoms with Crippen molar-refractivity contribution in [3.63, 3.8) is 0 Å². The maximum atomic E-state index is 13.7. The van der Waals surface area contributed by atoms with Crippen molar-refractivity contribution in [1.29, 1.82) is 0 Å². The summed E-state index contributed by atoms with van der Waals surface area (Å²) in [7, 11) is 0. The van der Waals surface area contributed by atoms with Crippen molar-refractivity contribution in [2.45, 2.75) is 51.1 Å². The Bertz CT molecular complexity index is 1110. The fraction of sp³-hybridized carbons (Fsp3) is 0.310. The zero-order valence-electron chi connectivity index (χ0n) is 20.6. The molecule has 2 amide bonds. The third-order valence-electron chi connectivity index (χ3n) is 6.00. The molecule has 3 rings (SSSR count). The Hall–Kier alpha value is -2.47. The number of nitrogens with zero attached hydrogens (tertiary/aromatic N) is 1. The average Bonchev–Trinajstić information content (AvgIpc) is 2.88. The van der Waals surface area contributed by atoms with Crippen molar-refractivity contribution >= 4 is 46.8 Å². The van der Waals surface area contributed by atoms with Crippen LogP contribution in [0.5, 0.6) is 0 Å². The molecule has 0 aliphatic rings. The lowest BCUT2D eigenvalue weighted by Crippen LogP contribution is -2.52. The van der Waals surface area contributed by atoms with Crippen LogP contribution in [-0.2, 0) is 28.3 Å². The van der Waals surface area contributed by atoms with Crippen molar-refractivity contribution in [1.82, 2.24) is 10.2 Å². The molecule has 2 atom stereocenters. The van der Waals surface area contributed by atoms with Crippen molar-refractivity contribution < 1.29 is 9.59 Å². The van der Waals surface area contributed by atoms with Gasteiger partial charge in [0.2, 0.25) is 11.8 Å². The van der Waals surface area contributed by atoms with Crippen LogP contribution >= 0.6 is 35.0 Å². The summed E-state index contributed by atoms with van der Waals surface area (Å²) in [6.45, 7) is 4.35. The molecular weight excluding hydrogens is 511 g/mol. The Morgan fingerprint density at radius 3 is 2.06 bits per heavy atom. The molecule has 0 heterocycles. The molecule has 4 nitrogen and oxygen atoms in total. The smallest absolute Gasteiger partial charge is 0.243 e. The summed E-state index contributed by atoms with van der Waals surface area (Å²) in [5, 5.41) is 4.26. The Balaban J connectivity index is 1.85. The first kappa shape index (κ1) is 28.1. The van der Waals surface area contributed by atoms with E-state index in [9.17, 15) is 9.59 Å². The minimum absolute atomic E-state index is 0.0150. The number of halogens is 2. The second kappa shape index (κ2) is 14.3. The molecule has 0 saturated heterocycles. The second-order valence-corrected chi connectivity index (χ2v) is 10.5. The van der Waals surface area contributed by atoms with Crippen LogP contribution in [0.2, 0.25) is 10.0 Å². The minimum Gasteiger partial charge on any atom is -0.352 e. The molecule has 36 heavy (non-hydrogen) atoms. The van der Waals surface area contributed by atoms with Gasteiger partial charge in [-0.1, -0.05) is 96.9 Å². The van der Waals surface area contributed by atoms with Gasteiger partial charge in [-0.2, -0.15) is 0 Å². The summed E-state index contributed by atoms with van der Waals surface area (Å²) >= 11 is 14.1. The number of amides is 2. The number of carbonyl (C=O) groups excluding carboxylic acids is 2. The van der Waals surface area contributed by atoms with Gasteiger partial charge in [0, 0.05) is 34.8 Å². The van der Waals surface area contributed by atoms with E-state index in [4.69, 9.17) is 23.2 Å². The Morgan fingerprint density at radius 1 is 0.889 bits per heavy atom. The van der Waals surface area contributed by atoms with Crippen LogP contribution < -0.4 is 5.32 Å². The van der Waals surface area contributed by atoms with Crippen molar-refractivity contribution in [2.24, 2.45) is 0 Å². The van der Waals surface area contributed by atoms with Crippen LogP contribution in [-0.4, -0.2) is 34.6 Å². The predicted octanol–water partition coefficient (Wildman–Crippen LogP) is 6.78. The number of thioether (sulfide) groups is 1. The Kier molecular flexibility index (Phi) is 11.2. The van der Waals surface area contributed by atoms with Crippen LogP contribution in [0.1, 0.15) is 37.0 Å². The van der Waals surface area contributed by atoms with E-state index in [2.05, 4.69) is 5.32 Å². The number of benzene rings is 3. The molecular formula is C29H32Cl2N2O2S. The average molecular weight is 544 g/mol. The van der Waals surface area contributed by atoms with Gasteiger partial charge < -0.3 is 10.2 Å². The zero-order valence-corrected chi connectivity index (χ0v) is 23.0. The fourth-order valence-corrected chi connectivity index (χ4v) is 5.42. The first-order valence-corrected chi connectivity index (χ1v) is 14.0. The van der Waals surface area contributed by atoms with Gasteiger partial charge in [-0.15, -0.1) is 11.8 Å². The molecule has 0 aliphatic carbocycles. The molecule has 7 heteroatoms. The van der Waals surface area contributed by atoms with E-state index in [0.717, 1.165) is 23.1 Å². The SMILES string of the molecule is CC[C@@H](C)NC(=O)[C@H](Cc1ccccc1)N(Cc1ccccc1)C(=O)CSCc1c(Cl)cccc1Cl. The summed E-state index contributed by atoms with van der Waals surface area (Å²) in [6.07, 6.45) is 1.24. The maximum absolute atomic E-state index is 13.7. The zero-order chi connectivity index (χ0) is 25.9. The fourth-order valence-electron chi connectivity index (χ4n) is 3.77. The van der Waals surface area contributed by atoms with Crippen LogP contribution in [0.25, 0.3) is 0 Å². The number of nitrogens with one attached hydrogen (secondary N) is 1. The van der Waals surface area contributed by atoms with Gasteiger partial charge in [0.05, 0.1) is 5.75 Å². The number of hydrogen-bond acceptors (Lipinski definition) is 3. The summed E-state index contributed by atoms with van der Waals surface area (Å²) in [6, 6.07) is 24.4. The van der Waals surface area contributed by atoms with Crippen LogP contribution in [0.3, 0.4) is 0 Å². The van der Waals surface area contributed by atoms with Crippen LogP contribution in [0.15, 0.2) is 78.9 Å². The normalized spacial score (nSPS) is 12.6. The lowest BCUT2D eigenvalue weighted by Gasteiger charge is -2.32. The molecule has 3 aromatic rings. The van der Waals surface area contributed by atoms with Gasteiger partial charge in [0.1, 0.15) is 6.04 Å². The predicted molar refractivity (Wildman–Crippen MR) is 151 cm³/mol. The molecule has 0 bridgehead atoms. The summed E-state index contributed by atoms with van der Waals surface area (Å²) in [5.41, 5.74) is 2.78. The molecule has 1 N–H and O–H groups in total. The molecule has 0 radical (unpaired) electrons. The van der Waals surface area contributed by atoms with Crippen molar-refractivity contribution in [3.05, 3.63) is 106 Å². The third kappa shape index (κ3) is 8.29. The molecule has 0 aromatic heterocycles. The van der Waals surface area contributed by atoms with Gasteiger partial charge in [0.15, 0.2) is 0 Å². The molecule has 3 aromatic carbocycles. The summed E-state index contributed by atoms with van der Waals surface area (Å²) in [4.78, 5) is 28.9. The van der Waals surface area contributed by atoms with E-state index < -0.39 is 6.04 Å². The molecule has 0 unspecified atom stereocenters. The minimum atomic E-state index is -0.640. The van der Waals surface area contributed by atoms with Crippen LogP contribution in [0, 0.1) is 0 Å². The molecule has 0 aliphatic heterocycles. The topological polar surface area (TPSA) is 49.4 Å². The highest BCUT2D eigenvalue weighted by atomic mass is 35.5. The van der Waals surface area contributed by atoms with E-state index in [1.165, 1.54) is 11.8 Å². The van der Waals surface area contributed by atoms with Crippen LogP contribution in [0.4, 0.5) is 0 Å². The number of rotatable bonds is 12. The van der Waals surface area contributed by atoms with Gasteiger partial charge >= 0.3 is 0 Å². The van der Waals surface area contributed by atoms with Crippen molar-refractivity contribution in [2.75, 3.05) is 5.75 Å². The molecule has 0 spiro atoms. The number of carbonyl (C=O) groups is 2. The summed E-state index contributed by atoms with van der Waals surface area (Å²) in [5.74, 6) is 0.464. The lowest BCUT2D eigenvalue weighted by atomic mass is 10.0. The molecule has 0 fully saturated rings. The van der Waals surface area contributed by atoms with E-state index in [-0.39, 0.29) is 23.6 Å². The molecule has 0 saturated carbocycles. The quantitative estimate of drug-likeness (QED) is 0.274. The highest BCUT2D eigenvalue weighted by Crippen LogP contribution is 2.28. The number of hydrogen-bond donors (Lipinski definition) is 1. The van der Waals surface area contributed by atoms with Gasteiger partial charge in [-0.05, 0) is 42.2 Å². The maximum Gasteiger partial charge on any atom is 0.243 e. The highest BCUT2D eigenvalue weighted by molar-refractivity contribution is 7.99. The van der Waals surface area contributed by atoms with Gasteiger partial charge in [0.25, 0.3) is 0 Å². The first-order chi connectivity index (χ1) is 17.4. The third-order valence-corrected chi connectivity index (χ3v) is 7.65. The largest absolute Gasteiger partial charge is 0.352 e. The van der Waals surface area contributed by atoms with Crippen molar-refractivity contribution in [3.8, 4) is 0 Å². The second-order valence-electron chi connectivity index (χ2n) is 8.72. The van der Waals surface area contributed by atoms with E-state index >= 15 is 0 Å². The van der Waals surface area contributed by atoms with E-state index in [1.54, 1.807) is 23.1 Å². The first-order valence-electron chi connectivity index (χ1n) is 12.1. The standard InChI is InChI=1S/C29H32Cl2N2O2S/c1-3-21(2)32-29(35)27(17-22-11-6-4-7-12-22)33(18-23-13-8-5-9-14-23)28(34)20-36-19-24-25(30)15-10-16-26(24)31/h4-16,21,27H,3,17-20H2,1-2H3,(H,32,35)/t21-,27+/m1/s1. The van der Waals surface area contributed by atoms with Gasteiger partial charge in [-0.25, -0.2) is 0 Å². The monoisotopic (exact) mass is 542 g/mol. The van der Waals surface area contributed by atoms with E-state index in [0.29, 0.717) is 28.8 Å². The molecule has 190 valence electrons. The van der Waals surface area contributed by atoms with E-state index in [1.807, 2.05) is 74.5 Å². The Morgan fingerprint density at radius 2 is 1.47 bits per heavy atom. The highest BCUT2D eigenvalue weighted by Gasteiger charge is 2.30. The Labute approximate surface area is 228 Å². The lowest BCUT2D eigenvalue weighted by molar-refractivity contribution is -0.139. The van der Waals surface area contributed by atoms with Gasteiger partial charge in [-0.3, -0.25) is 9.59 Å².